The number of amides is 1. The number of para-hydroxylation sites is 1. The third-order valence-electron chi connectivity index (χ3n) is 4.85. The van der Waals surface area contributed by atoms with Gasteiger partial charge < -0.3 is 19.0 Å². The van der Waals surface area contributed by atoms with E-state index >= 15 is 0 Å². The highest BCUT2D eigenvalue weighted by molar-refractivity contribution is 6.30. The van der Waals surface area contributed by atoms with E-state index in [4.69, 9.17) is 26.0 Å². The number of anilines is 1. The lowest BCUT2D eigenvalue weighted by atomic mass is 10.2. The minimum atomic E-state index is -0.151. The Balaban J connectivity index is 1.33. The molecule has 0 saturated carbocycles. The molecule has 1 aliphatic rings. The van der Waals surface area contributed by atoms with E-state index in [0.717, 1.165) is 5.82 Å². The maximum Gasteiger partial charge on any atom is 0.289 e. The second-order valence-corrected chi connectivity index (χ2v) is 7.21. The van der Waals surface area contributed by atoms with Crippen LogP contribution in [0.2, 0.25) is 5.02 Å². The van der Waals surface area contributed by atoms with Gasteiger partial charge in [0.15, 0.2) is 5.76 Å². The zero-order valence-electron chi connectivity index (χ0n) is 16.1. The predicted molar refractivity (Wildman–Crippen MR) is 112 cm³/mol. The minimum Gasteiger partial charge on any atom is -0.484 e. The highest BCUT2D eigenvalue weighted by Gasteiger charge is 2.25. The summed E-state index contributed by atoms with van der Waals surface area (Å²) in [4.78, 5) is 21.0. The van der Waals surface area contributed by atoms with E-state index in [1.807, 2.05) is 12.1 Å². The smallest absolute Gasteiger partial charge is 0.289 e. The molecule has 0 radical (unpaired) electrons. The highest BCUT2D eigenvalue weighted by atomic mass is 35.5. The fourth-order valence-corrected chi connectivity index (χ4v) is 3.37. The molecule has 1 aromatic carbocycles. The molecule has 1 aliphatic heterocycles. The summed E-state index contributed by atoms with van der Waals surface area (Å²) in [5, 5.41) is 9.72. The number of halogens is 1. The van der Waals surface area contributed by atoms with Gasteiger partial charge in [0.1, 0.15) is 30.0 Å². The van der Waals surface area contributed by atoms with E-state index in [-0.39, 0.29) is 18.3 Å². The molecule has 1 fully saturated rings. The number of nitriles is 1. The van der Waals surface area contributed by atoms with Crippen LogP contribution in [0.4, 0.5) is 5.82 Å². The number of nitrogens with zero attached hydrogens (tertiary/aromatic N) is 4. The number of hydrogen-bond acceptors (Lipinski definition) is 6. The number of ether oxygens (including phenoxy) is 1. The number of pyridine rings is 1. The van der Waals surface area contributed by atoms with E-state index in [0.29, 0.717) is 48.3 Å². The maximum absolute atomic E-state index is 12.8. The SMILES string of the molecule is N#Cc1ccccc1OCc1ccc(C(=O)N2CCN(c3ccc(Cl)cn3)CC2)o1. The summed E-state index contributed by atoms with van der Waals surface area (Å²) >= 11 is 5.89. The van der Waals surface area contributed by atoms with Crippen LogP contribution in [0.15, 0.2) is 59.1 Å². The van der Waals surface area contributed by atoms with Crippen LogP contribution in [-0.2, 0) is 6.61 Å². The number of furan rings is 1. The van der Waals surface area contributed by atoms with Gasteiger partial charge >= 0.3 is 0 Å². The highest BCUT2D eigenvalue weighted by Crippen LogP contribution is 2.20. The lowest BCUT2D eigenvalue weighted by Gasteiger charge is -2.35. The molecule has 0 atom stereocenters. The van der Waals surface area contributed by atoms with Crippen molar-refractivity contribution in [3.63, 3.8) is 0 Å². The fraction of sp³-hybridized carbons (Fsp3) is 0.227. The molecule has 0 aliphatic carbocycles. The van der Waals surface area contributed by atoms with Crippen molar-refractivity contribution in [3.8, 4) is 11.8 Å². The Kier molecular flexibility index (Phi) is 5.87. The molecule has 152 valence electrons. The normalized spacial score (nSPS) is 13.7. The first-order valence-electron chi connectivity index (χ1n) is 9.50. The molecule has 0 N–H and O–H groups in total. The summed E-state index contributed by atoms with van der Waals surface area (Å²) in [7, 11) is 0. The van der Waals surface area contributed by atoms with Crippen molar-refractivity contribution in [2.45, 2.75) is 6.61 Å². The Morgan fingerprint density at radius 2 is 1.93 bits per heavy atom. The molecule has 7 nitrogen and oxygen atoms in total. The fourth-order valence-electron chi connectivity index (χ4n) is 3.25. The van der Waals surface area contributed by atoms with Crippen LogP contribution < -0.4 is 9.64 Å². The largest absolute Gasteiger partial charge is 0.484 e. The van der Waals surface area contributed by atoms with Crippen LogP contribution in [0.5, 0.6) is 5.75 Å². The average Bonchev–Trinajstić information content (AvgIpc) is 3.27. The maximum atomic E-state index is 12.8. The molecule has 1 amide bonds. The summed E-state index contributed by atoms with van der Waals surface area (Å²) in [6.45, 7) is 2.66. The van der Waals surface area contributed by atoms with E-state index in [1.165, 1.54) is 0 Å². The van der Waals surface area contributed by atoms with Gasteiger partial charge in [0.2, 0.25) is 0 Å². The lowest BCUT2D eigenvalue weighted by molar-refractivity contribution is 0.0710. The molecule has 2 aromatic heterocycles. The average molecular weight is 423 g/mol. The molecule has 0 bridgehead atoms. The first kappa shape index (κ1) is 19.8. The van der Waals surface area contributed by atoms with Crippen molar-refractivity contribution in [2.24, 2.45) is 0 Å². The number of benzene rings is 1. The van der Waals surface area contributed by atoms with Gasteiger partial charge in [-0.3, -0.25) is 4.79 Å². The molecule has 30 heavy (non-hydrogen) atoms. The van der Waals surface area contributed by atoms with Crippen molar-refractivity contribution in [2.75, 3.05) is 31.1 Å². The number of carbonyl (C=O) groups excluding carboxylic acids is 1. The number of piperazine rings is 1. The van der Waals surface area contributed by atoms with E-state index in [9.17, 15) is 4.79 Å². The molecule has 0 spiro atoms. The van der Waals surface area contributed by atoms with Crippen LogP contribution in [0, 0.1) is 11.3 Å². The molecule has 3 heterocycles. The molecule has 8 heteroatoms. The summed E-state index contributed by atoms with van der Waals surface area (Å²) in [6, 6.07) is 16.1. The van der Waals surface area contributed by atoms with Crippen molar-refractivity contribution in [3.05, 3.63) is 76.8 Å². The van der Waals surface area contributed by atoms with Gasteiger partial charge in [-0.1, -0.05) is 23.7 Å². The number of carbonyl (C=O) groups is 1. The van der Waals surface area contributed by atoms with Crippen molar-refractivity contribution in [1.82, 2.24) is 9.88 Å². The van der Waals surface area contributed by atoms with Crippen LogP contribution in [0.1, 0.15) is 21.9 Å². The van der Waals surface area contributed by atoms with Gasteiger partial charge in [-0.05, 0) is 36.4 Å². The second-order valence-electron chi connectivity index (χ2n) is 6.78. The van der Waals surface area contributed by atoms with Gasteiger partial charge in [0.25, 0.3) is 5.91 Å². The number of aromatic nitrogens is 1. The van der Waals surface area contributed by atoms with E-state index < -0.39 is 0 Å². The Bertz CT molecular complexity index is 1070. The van der Waals surface area contributed by atoms with Gasteiger partial charge in [0, 0.05) is 32.4 Å². The Hall–Kier alpha value is -3.50. The zero-order valence-corrected chi connectivity index (χ0v) is 16.9. The summed E-state index contributed by atoms with van der Waals surface area (Å²) in [6.07, 6.45) is 1.62. The topological polar surface area (TPSA) is 82.6 Å². The van der Waals surface area contributed by atoms with Crippen LogP contribution in [0.3, 0.4) is 0 Å². The summed E-state index contributed by atoms with van der Waals surface area (Å²) < 4.78 is 11.3. The molecule has 1 saturated heterocycles. The third-order valence-corrected chi connectivity index (χ3v) is 5.08. The zero-order chi connectivity index (χ0) is 20.9. The quantitative estimate of drug-likeness (QED) is 0.622. The molecular formula is C22H19ClN4O3. The van der Waals surface area contributed by atoms with Gasteiger partial charge in [0.05, 0.1) is 10.6 Å². The van der Waals surface area contributed by atoms with Gasteiger partial charge in [-0.15, -0.1) is 0 Å². The molecule has 4 rings (SSSR count). The Morgan fingerprint density at radius 3 is 2.67 bits per heavy atom. The number of hydrogen-bond donors (Lipinski definition) is 0. The second kappa shape index (κ2) is 8.89. The Labute approximate surface area is 179 Å². The third kappa shape index (κ3) is 4.39. The van der Waals surface area contributed by atoms with Crippen LogP contribution in [-0.4, -0.2) is 42.0 Å². The van der Waals surface area contributed by atoms with Gasteiger partial charge in [-0.2, -0.15) is 5.26 Å². The monoisotopic (exact) mass is 422 g/mol. The van der Waals surface area contributed by atoms with Crippen LogP contribution in [0.25, 0.3) is 0 Å². The lowest BCUT2D eigenvalue weighted by Crippen LogP contribution is -2.49. The first-order valence-corrected chi connectivity index (χ1v) is 9.88. The van der Waals surface area contributed by atoms with Crippen molar-refractivity contribution >= 4 is 23.3 Å². The molecule has 0 unspecified atom stereocenters. The van der Waals surface area contributed by atoms with Gasteiger partial charge in [-0.25, -0.2) is 4.98 Å². The molecule has 3 aromatic rings. The van der Waals surface area contributed by atoms with E-state index in [1.54, 1.807) is 47.5 Å². The Morgan fingerprint density at radius 1 is 1.13 bits per heavy atom. The summed E-state index contributed by atoms with van der Waals surface area (Å²) in [5.41, 5.74) is 0.452. The minimum absolute atomic E-state index is 0.141. The standard InChI is InChI=1S/C22H19ClN4O3/c23-17-5-8-21(25-14-17)26-9-11-27(12-10-26)22(28)20-7-6-18(30-20)15-29-19-4-2-1-3-16(19)13-24/h1-8,14H,9-12,15H2. The van der Waals surface area contributed by atoms with E-state index in [2.05, 4.69) is 16.0 Å². The first-order chi connectivity index (χ1) is 14.6. The predicted octanol–water partition coefficient (Wildman–Crippen LogP) is 3.74. The van der Waals surface area contributed by atoms with Crippen LogP contribution >= 0.6 is 11.6 Å². The van der Waals surface area contributed by atoms with Crippen molar-refractivity contribution in [1.29, 1.82) is 5.26 Å². The molecular weight excluding hydrogens is 404 g/mol. The summed E-state index contributed by atoms with van der Waals surface area (Å²) in [5.74, 6) is 1.98. The number of rotatable bonds is 5. The van der Waals surface area contributed by atoms with Crippen molar-refractivity contribution < 1.29 is 13.9 Å².